The molecule has 2 aliphatic heterocycles. The Kier molecular flexibility index (Phi) is 6.29. The van der Waals surface area contributed by atoms with Crippen molar-refractivity contribution in [3.8, 4) is 0 Å². The van der Waals surface area contributed by atoms with Crippen molar-refractivity contribution in [2.75, 3.05) is 44.3 Å². The monoisotopic (exact) mass is 540 g/mol. The van der Waals surface area contributed by atoms with Crippen molar-refractivity contribution in [3.63, 3.8) is 0 Å². The number of benzene rings is 1. The lowest BCUT2D eigenvalue weighted by molar-refractivity contribution is -0.137. The van der Waals surface area contributed by atoms with Gasteiger partial charge in [-0.15, -0.1) is 0 Å². The Morgan fingerprint density at radius 1 is 1.10 bits per heavy atom. The first-order valence-electron chi connectivity index (χ1n) is 12.9. The Bertz CT molecular complexity index is 1620. The Hall–Kier alpha value is -3.93. The van der Waals surface area contributed by atoms with Crippen LogP contribution in [-0.4, -0.2) is 69.9 Å². The van der Waals surface area contributed by atoms with E-state index >= 15 is 0 Å². The molecule has 2 aliphatic rings. The van der Waals surface area contributed by atoms with Crippen LogP contribution in [-0.2, 0) is 10.9 Å². The van der Waals surface area contributed by atoms with Gasteiger partial charge in [-0.2, -0.15) is 18.3 Å². The number of H-pyrrole nitrogens is 1. The largest absolute Gasteiger partial charge is 0.419 e. The van der Waals surface area contributed by atoms with Crippen LogP contribution in [0.4, 0.5) is 19.0 Å². The molecule has 4 aromatic rings. The number of piperazine rings is 1. The van der Waals surface area contributed by atoms with Gasteiger partial charge < -0.3 is 19.5 Å². The van der Waals surface area contributed by atoms with E-state index in [9.17, 15) is 22.8 Å². The number of carbonyl (C=O) groups excluding carboxylic acids is 1. The van der Waals surface area contributed by atoms with Gasteiger partial charge in [0.2, 0.25) is 0 Å². The van der Waals surface area contributed by atoms with Crippen molar-refractivity contribution in [2.24, 2.45) is 0 Å². The smallest absolute Gasteiger partial charge is 0.381 e. The minimum absolute atomic E-state index is 0.0861. The number of alkyl halides is 3. The predicted molar refractivity (Wildman–Crippen MR) is 139 cm³/mol. The molecule has 1 N–H and O–H groups in total. The normalized spacial score (nSPS) is 17.3. The molecule has 0 saturated carbocycles. The molecule has 0 bridgehead atoms. The van der Waals surface area contributed by atoms with Crippen LogP contribution in [0.5, 0.6) is 0 Å². The topological polar surface area (TPSA) is 96.3 Å². The Balaban J connectivity index is 1.31. The van der Waals surface area contributed by atoms with Gasteiger partial charge in [-0.1, -0.05) is 0 Å². The van der Waals surface area contributed by atoms with Crippen molar-refractivity contribution in [2.45, 2.75) is 32.0 Å². The van der Waals surface area contributed by atoms with E-state index in [2.05, 4.69) is 15.1 Å². The van der Waals surface area contributed by atoms with E-state index in [-0.39, 0.29) is 49.5 Å². The Morgan fingerprint density at radius 2 is 1.85 bits per heavy atom. The second-order valence-electron chi connectivity index (χ2n) is 10.0. The summed E-state index contributed by atoms with van der Waals surface area (Å²) in [5, 5.41) is 5.72. The van der Waals surface area contributed by atoms with E-state index in [1.54, 1.807) is 28.1 Å². The number of nitrogens with zero attached hydrogens (tertiary/aromatic N) is 5. The molecule has 2 fully saturated rings. The Morgan fingerprint density at radius 3 is 2.56 bits per heavy atom. The van der Waals surface area contributed by atoms with Crippen LogP contribution in [0.3, 0.4) is 0 Å². The number of pyridine rings is 2. The molecule has 0 radical (unpaired) electrons. The number of aromatic nitrogens is 4. The number of hydrogen-bond donors (Lipinski definition) is 1. The molecule has 1 amide bonds. The number of ether oxygens (including phenoxy) is 1. The average molecular weight is 541 g/mol. The predicted octanol–water partition coefficient (Wildman–Crippen LogP) is 3.91. The quantitative estimate of drug-likeness (QED) is 0.423. The molecular formula is C27H27F3N6O3. The molecule has 6 rings (SSSR count). The Labute approximate surface area is 221 Å². The van der Waals surface area contributed by atoms with Crippen LogP contribution in [0.15, 0.2) is 41.5 Å². The van der Waals surface area contributed by atoms with Gasteiger partial charge in [0.05, 0.1) is 34.2 Å². The SMILES string of the molecule is Cc1cc2[nH]c(=O)c3cnn(C4CCOCC4)c3c2cc1C(=O)N1CCN(c2ncccc2C(F)(F)F)CC1. The number of halogens is 3. The minimum atomic E-state index is -4.51. The first-order chi connectivity index (χ1) is 18.7. The average Bonchev–Trinajstić information content (AvgIpc) is 3.39. The first kappa shape index (κ1) is 25.4. The van der Waals surface area contributed by atoms with Gasteiger partial charge in [-0.3, -0.25) is 14.3 Å². The minimum Gasteiger partial charge on any atom is -0.381 e. The van der Waals surface area contributed by atoms with Crippen LogP contribution in [0, 0.1) is 6.92 Å². The second kappa shape index (κ2) is 9.67. The van der Waals surface area contributed by atoms with Gasteiger partial charge in [0.15, 0.2) is 0 Å². The molecule has 0 aliphatic carbocycles. The van der Waals surface area contributed by atoms with Crippen molar-refractivity contribution >= 4 is 33.5 Å². The van der Waals surface area contributed by atoms with Crippen molar-refractivity contribution in [3.05, 3.63) is 63.7 Å². The summed E-state index contributed by atoms with van der Waals surface area (Å²) in [7, 11) is 0. The molecule has 204 valence electrons. The van der Waals surface area contributed by atoms with E-state index in [4.69, 9.17) is 4.74 Å². The zero-order valence-electron chi connectivity index (χ0n) is 21.3. The summed E-state index contributed by atoms with van der Waals surface area (Å²) in [5.41, 5.74) is 1.47. The number of aromatic amines is 1. The lowest BCUT2D eigenvalue weighted by atomic mass is 10.0. The van der Waals surface area contributed by atoms with E-state index in [0.29, 0.717) is 40.8 Å². The number of aryl methyl sites for hydroxylation is 1. The molecule has 2 saturated heterocycles. The lowest BCUT2D eigenvalue weighted by Gasteiger charge is -2.36. The first-order valence-corrected chi connectivity index (χ1v) is 12.9. The molecule has 5 heterocycles. The standard InChI is InChI=1S/C27H27F3N6O3/c1-16-13-22-19(23-20(25(37)33-22)15-32-36(23)17-4-11-39-12-5-17)14-18(16)26(38)35-9-7-34(8-10-35)24-21(27(28,29)30)3-2-6-31-24/h2-3,6,13-15,17H,4-5,7-12H2,1H3,(H,33,37). The number of nitrogens with one attached hydrogen (secondary N) is 1. The molecule has 3 aromatic heterocycles. The summed E-state index contributed by atoms with van der Waals surface area (Å²) in [6.45, 7) is 4.01. The summed E-state index contributed by atoms with van der Waals surface area (Å²) in [4.78, 5) is 36.6. The van der Waals surface area contributed by atoms with E-state index in [0.717, 1.165) is 24.3 Å². The van der Waals surface area contributed by atoms with E-state index in [1.807, 2.05) is 11.6 Å². The maximum Gasteiger partial charge on any atom is 0.419 e. The lowest BCUT2D eigenvalue weighted by Crippen LogP contribution is -2.49. The zero-order valence-corrected chi connectivity index (χ0v) is 21.3. The van der Waals surface area contributed by atoms with Gasteiger partial charge in [0.1, 0.15) is 5.82 Å². The molecule has 39 heavy (non-hydrogen) atoms. The highest BCUT2D eigenvalue weighted by atomic mass is 19.4. The number of amides is 1. The third kappa shape index (κ3) is 4.52. The highest BCUT2D eigenvalue weighted by Crippen LogP contribution is 2.36. The van der Waals surface area contributed by atoms with Crippen LogP contribution < -0.4 is 10.5 Å². The van der Waals surface area contributed by atoms with Gasteiger partial charge in [-0.25, -0.2) is 4.98 Å². The molecule has 12 heteroatoms. The van der Waals surface area contributed by atoms with Crippen LogP contribution in [0.1, 0.15) is 40.4 Å². The fraction of sp³-hybridized carbons (Fsp3) is 0.407. The number of anilines is 1. The maximum absolute atomic E-state index is 13.7. The summed E-state index contributed by atoms with van der Waals surface area (Å²) >= 11 is 0. The van der Waals surface area contributed by atoms with Crippen molar-refractivity contribution < 1.29 is 22.7 Å². The third-order valence-corrected chi connectivity index (χ3v) is 7.63. The highest BCUT2D eigenvalue weighted by molar-refractivity contribution is 6.07. The van der Waals surface area contributed by atoms with Gasteiger partial charge in [-0.05, 0) is 49.6 Å². The third-order valence-electron chi connectivity index (χ3n) is 7.63. The van der Waals surface area contributed by atoms with Gasteiger partial charge in [0, 0.05) is 56.5 Å². The van der Waals surface area contributed by atoms with Crippen molar-refractivity contribution in [1.82, 2.24) is 24.6 Å². The number of carbonyl (C=O) groups is 1. The summed E-state index contributed by atoms with van der Waals surface area (Å²) in [5.74, 6) is -0.325. The molecular weight excluding hydrogens is 513 g/mol. The summed E-state index contributed by atoms with van der Waals surface area (Å²) in [6.07, 6.45) is -0.0476. The number of fused-ring (bicyclic) bond motifs is 3. The van der Waals surface area contributed by atoms with Crippen LogP contribution >= 0.6 is 0 Å². The molecule has 9 nitrogen and oxygen atoms in total. The highest BCUT2D eigenvalue weighted by Gasteiger charge is 2.36. The summed E-state index contributed by atoms with van der Waals surface area (Å²) in [6, 6.07) is 5.98. The molecule has 0 unspecified atom stereocenters. The van der Waals surface area contributed by atoms with Crippen molar-refractivity contribution in [1.29, 1.82) is 0 Å². The van der Waals surface area contributed by atoms with Gasteiger partial charge in [0.25, 0.3) is 11.5 Å². The second-order valence-corrected chi connectivity index (χ2v) is 10.0. The van der Waals surface area contributed by atoms with Gasteiger partial charge >= 0.3 is 6.18 Å². The fourth-order valence-corrected chi connectivity index (χ4v) is 5.59. The van der Waals surface area contributed by atoms with Crippen LogP contribution in [0.25, 0.3) is 21.8 Å². The van der Waals surface area contributed by atoms with E-state index < -0.39 is 11.7 Å². The molecule has 0 spiro atoms. The number of hydrogen-bond acceptors (Lipinski definition) is 6. The number of rotatable bonds is 3. The maximum atomic E-state index is 13.7. The fourth-order valence-electron chi connectivity index (χ4n) is 5.59. The summed E-state index contributed by atoms with van der Waals surface area (Å²) < 4.78 is 47.9. The zero-order chi connectivity index (χ0) is 27.3. The molecule has 1 aromatic carbocycles. The molecule has 0 atom stereocenters. The van der Waals surface area contributed by atoms with Crippen LogP contribution in [0.2, 0.25) is 0 Å². The van der Waals surface area contributed by atoms with E-state index in [1.165, 1.54) is 12.3 Å².